The van der Waals surface area contributed by atoms with Crippen molar-refractivity contribution in [3.63, 3.8) is 0 Å². The third-order valence-corrected chi connectivity index (χ3v) is 6.96. The monoisotopic (exact) mass is 515 g/mol. The van der Waals surface area contributed by atoms with E-state index in [-0.39, 0.29) is 18.9 Å². The van der Waals surface area contributed by atoms with Gasteiger partial charge in [-0.05, 0) is 23.8 Å². The summed E-state index contributed by atoms with van der Waals surface area (Å²) < 4.78 is 8.77. The van der Waals surface area contributed by atoms with Crippen molar-refractivity contribution in [1.29, 1.82) is 0 Å². The van der Waals surface area contributed by atoms with Gasteiger partial charge in [0.05, 0.1) is 16.4 Å². The fourth-order valence-corrected chi connectivity index (χ4v) is 5.20. The fourth-order valence-electron chi connectivity index (χ4n) is 3.05. The Morgan fingerprint density at radius 1 is 1.24 bits per heavy atom. The predicted molar refractivity (Wildman–Crippen MR) is 133 cm³/mol. The first-order valence-corrected chi connectivity index (χ1v) is 12.6. The molecule has 34 heavy (non-hydrogen) atoms. The molecule has 0 aliphatic heterocycles. The molecule has 12 heteroatoms. The molecule has 1 atom stereocenters. The summed E-state index contributed by atoms with van der Waals surface area (Å²) in [7, 11) is 0. The molecular formula is C22H21N5O4S3. The average molecular weight is 516 g/mol. The SMILES string of the molecule is O=C(Cn1cc(COc2ccc3nc(S)sc3c2)nn1)N[C@@H](CSCc1ccccc1)C(=O)O. The molecule has 0 unspecified atom stereocenters. The molecule has 0 bridgehead atoms. The lowest BCUT2D eigenvalue weighted by Crippen LogP contribution is -2.44. The second-order valence-electron chi connectivity index (χ2n) is 7.28. The zero-order chi connectivity index (χ0) is 23.9. The van der Waals surface area contributed by atoms with E-state index >= 15 is 0 Å². The van der Waals surface area contributed by atoms with Crippen molar-refractivity contribution in [2.45, 2.75) is 29.3 Å². The lowest BCUT2D eigenvalue weighted by Gasteiger charge is -2.14. The number of aliphatic carboxylic acids is 1. The van der Waals surface area contributed by atoms with Gasteiger partial charge in [0.1, 0.15) is 35.0 Å². The number of ether oxygens (including phenoxy) is 1. The Kier molecular flexibility index (Phi) is 8.03. The van der Waals surface area contributed by atoms with Gasteiger partial charge in [0, 0.05) is 11.5 Å². The zero-order valence-electron chi connectivity index (χ0n) is 17.8. The van der Waals surface area contributed by atoms with Crippen molar-refractivity contribution in [3.8, 4) is 5.75 Å². The lowest BCUT2D eigenvalue weighted by atomic mass is 10.2. The number of aromatic nitrogens is 4. The van der Waals surface area contributed by atoms with Crippen LogP contribution in [-0.2, 0) is 28.5 Å². The highest BCUT2D eigenvalue weighted by Gasteiger charge is 2.20. The Morgan fingerprint density at radius 2 is 2.06 bits per heavy atom. The summed E-state index contributed by atoms with van der Waals surface area (Å²) in [5, 5.41) is 19.9. The molecule has 2 heterocycles. The van der Waals surface area contributed by atoms with Crippen LogP contribution in [0.5, 0.6) is 5.75 Å². The quantitative estimate of drug-likeness (QED) is 0.261. The Hall–Kier alpha value is -3.09. The van der Waals surface area contributed by atoms with Gasteiger partial charge in [-0.3, -0.25) is 4.79 Å². The number of benzene rings is 2. The highest BCUT2D eigenvalue weighted by atomic mass is 32.2. The zero-order valence-corrected chi connectivity index (χ0v) is 20.4. The van der Waals surface area contributed by atoms with E-state index < -0.39 is 17.9 Å². The molecule has 2 aromatic carbocycles. The molecule has 0 spiro atoms. The predicted octanol–water partition coefficient (Wildman–Crippen LogP) is 3.26. The third kappa shape index (κ3) is 6.72. The number of carbonyl (C=O) groups excluding carboxylic acids is 1. The highest BCUT2D eigenvalue weighted by Crippen LogP contribution is 2.28. The van der Waals surface area contributed by atoms with Crippen LogP contribution < -0.4 is 10.1 Å². The number of carboxylic acid groups (broad SMARTS) is 1. The maximum Gasteiger partial charge on any atom is 0.327 e. The summed E-state index contributed by atoms with van der Waals surface area (Å²) in [6.07, 6.45) is 1.59. The molecule has 0 aliphatic rings. The number of carboxylic acids is 1. The summed E-state index contributed by atoms with van der Waals surface area (Å²) in [4.78, 5) is 28.2. The van der Waals surface area contributed by atoms with Crippen molar-refractivity contribution in [1.82, 2.24) is 25.3 Å². The van der Waals surface area contributed by atoms with Gasteiger partial charge in [0.2, 0.25) is 5.91 Å². The van der Waals surface area contributed by atoms with E-state index in [1.807, 2.05) is 48.5 Å². The Bertz CT molecular complexity index is 1280. The number of nitrogens with one attached hydrogen (secondary N) is 1. The molecule has 1 amide bonds. The minimum atomic E-state index is -1.08. The molecule has 0 saturated carbocycles. The maximum absolute atomic E-state index is 12.4. The number of amides is 1. The minimum absolute atomic E-state index is 0.141. The third-order valence-electron chi connectivity index (χ3n) is 4.66. The molecule has 4 rings (SSSR count). The van der Waals surface area contributed by atoms with Crippen molar-refractivity contribution >= 4 is 57.8 Å². The van der Waals surface area contributed by atoms with Crippen molar-refractivity contribution < 1.29 is 19.4 Å². The van der Waals surface area contributed by atoms with Gasteiger partial charge in [0.15, 0.2) is 0 Å². The van der Waals surface area contributed by atoms with Crippen LogP contribution in [0.15, 0.2) is 59.1 Å². The van der Waals surface area contributed by atoms with E-state index in [2.05, 4.69) is 33.2 Å². The molecule has 4 aromatic rings. The second-order valence-corrected chi connectivity index (χ2v) is 10.1. The molecule has 2 aromatic heterocycles. The Labute approximate surface area is 208 Å². The molecule has 0 fully saturated rings. The maximum atomic E-state index is 12.4. The fraction of sp³-hybridized carbons (Fsp3) is 0.227. The first-order chi connectivity index (χ1) is 16.5. The Morgan fingerprint density at radius 3 is 2.85 bits per heavy atom. The molecule has 0 radical (unpaired) electrons. The summed E-state index contributed by atoms with van der Waals surface area (Å²) >= 11 is 7.17. The van der Waals surface area contributed by atoms with Gasteiger partial charge >= 0.3 is 5.97 Å². The average Bonchev–Trinajstić information content (AvgIpc) is 3.42. The van der Waals surface area contributed by atoms with E-state index in [1.54, 1.807) is 6.20 Å². The molecule has 2 N–H and O–H groups in total. The number of hydrogen-bond donors (Lipinski definition) is 3. The number of thiol groups is 1. The molecule has 0 aliphatic carbocycles. The van der Waals surface area contributed by atoms with Crippen LogP contribution in [0.2, 0.25) is 0 Å². The normalized spacial score (nSPS) is 11.9. The van der Waals surface area contributed by atoms with Gasteiger partial charge in [-0.25, -0.2) is 14.5 Å². The summed E-state index contributed by atoms with van der Waals surface area (Å²) in [5.74, 6) is 0.0473. The number of rotatable bonds is 11. The topological polar surface area (TPSA) is 119 Å². The lowest BCUT2D eigenvalue weighted by molar-refractivity contribution is -0.141. The number of thioether (sulfide) groups is 1. The van der Waals surface area contributed by atoms with E-state index in [1.165, 1.54) is 27.8 Å². The molecule has 0 saturated heterocycles. The van der Waals surface area contributed by atoms with Gasteiger partial charge in [-0.1, -0.05) is 35.5 Å². The minimum Gasteiger partial charge on any atom is -0.487 e. The summed E-state index contributed by atoms with van der Waals surface area (Å²) in [5.41, 5.74) is 2.50. The van der Waals surface area contributed by atoms with Crippen LogP contribution in [-0.4, -0.2) is 48.8 Å². The number of carbonyl (C=O) groups is 2. The van der Waals surface area contributed by atoms with Crippen molar-refractivity contribution in [3.05, 3.63) is 66.0 Å². The van der Waals surface area contributed by atoms with Crippen LogP contribution in [0.3, 0.4) is 0 Å². The van der Waals surface area contributed by atoms with Crippen molar-refractivity contribution in [2.24, 2.45) is 0 Å². The molecular weight excluding hydrogens is 494 g/mol. The van der Waals surface area contributed by atoms with Crippen LogP contribution in [0.1, 0.15) is 11.3 Å². The first kappa shape index (κ1) is 24.0. The van der Waals surface area contributed by atoms with E-state index in [0.29, 0.717) is 21.5 Å². The number of nitrogens with zero attached hydrogens (tertiary/aromatic N) is 4. The van der Waals surface area contributed by atoms with Gasteiger partial charge in [-0.2, -0.15) is 11.8 Å². The Balaban J connectivity index is 1.25. The standard InChI is InChI=1S/C22H21N5O4S3/c28-20(23-18(21(29)30)13-33-12-14-4-2-1-3-5-14)10-27-9-15(25-26-27)11-31-16-6-7-17-19(8-16)34-22(32)24-17/h1-9,18H,10-13H2,(H,23,28)(H,24,32)(H,29,30)/t18-/m0/s1. The smallest absolute Gasteiger partial charge is 0.327 e. The first-order valence-electron chi connectivity index (χ1n) is 10.2. The largest absolute Gasteiger partial charge is 0.487 e. The van der Waals surface area contributed by atoms with Crippen LogP contribution >= 0.6 is 35.7 Å². The second kappa shape index (κ2) is 11.4. The van der Waals surface area contributed by atoms with Crippen molar-refractivity contribution in [2.75, 3.05) is 5.75 Å². The van der Waals surface area contributed by atoms with Crippen LogP contribution in [0.4, 0.5) is 0 Å². The van der Waals surface area contributed by atoms with E-state index in [0.717, 1.165) is 15.8 Å². The van der Waals surface area contributed by atoms with Gasteiger partial charge < -0.3 is 15.2 Å². The van der Waals surface area contributed by atoms with E-state index in [9.17, 15) is 14.7 Å². The van der Waals surface area contributed by atoms with Crippen LogP contribution in [0.25, 0.3) is 10.2 Å². The van der Waals surface area contributed by atoms with Gasteiger partial charge in [-0.15, -0.1) is 29.1 Å². The summed E-state index contributed by atoms with van der Waals surface area (Å²) in [6.45, 7) is 0.0330. The van der Waals surface area contributed by atoms with Crippen LogP contribution in [0, 0.1) is 0 Å². The number of hydrogen-bond acceptors (Lipinski definition) is 9. The van der Waals surface area contributed by atoms with Gasteiger partial charge in [0.25, 0.3) is 0 Å². The molecule has 9 nitrogen and oxygen atoms in total. The van der Waals surface area contributed by atoms with E-state index in [4.69, 9.17) is 4.74 Å². The number of fused-ring (bicyclic) bond motifs is 1. The molecule has 176 valence electrons. The summed E-state index contributed by atoms with van der Waals surface area (Å²) in [6, 6.07) is 14.3. The highest BCUT2D eigenvalue weighted by molar-refractivity contribution is 7.98. The number of thiazole rings is 1.